The molecule has 5 nitrogen and oxygen atoms in total. The van der Waals surface area contributed by atoms with Crippen molar-refractivity contribution < 1.29 is 9.15 Å². The lowest BCUT2D eigenvalue weighted by Gasteiger charge is -2.22. The van der Waals surface area contributed by atoms with Gasteiger partial charge in [-0.1, -0.05) is 121 Å². The Morgan fingerprint density at radius 2 is 0.980 bits per heavy atom. The fourth-order valence-corrected chi connectivity index (χ4v) is 7.49. The molecule has 0 saturated heterocycles. The Kier molecular flexibility index (Phi) is 5.60. The molecule has 0 fully saturated rings. The van der Waals surface area contributed by atoms with Gasteiger partial charge in [0.2, 0.25) is 0 Å². The molecule has 0 spiro atoms. The SMILES string of the molecule is c1ccc(-c2nc(-c3ccc(-c4ccc5ccc6ccc7cccc8c7c6c5c4O8)cc3)nc(-c3ccc4c(c3)oc3ccccc34)n2)cc1. The summed E-state index contributed by atoms with van der Waals surface area (Å²) in [5, 5.41) is 9.31. The molecule has 0 atom stereocenters. The summed E-state index contributed by atoms with van der Waals surface area (Å²) in [6.07, 6.45) is 0. The van der Waals surface area contributed by atoms with Gasteiger partial charge in [0.15, 0.2) is 17.5 Å². The Bertz CT molecular complexity index is 3000. The van der Waals surface area contributed by atoms with Gasteiger partial charge in [0, 0.05) is 49.2 Å². The molecule has 0 saturated carbocycles. The predicted molar refractivity (Wildman–Crippen MR) is 201 cm³/mol. The quantitative estimate of drug-likeness (QED) is 0.179. The minimum atomic E-state index is 0.588. The van der Waals surface area contributed by atoms with E-state index in [1.54, 1.807) is 0 Å². The van der Waals surface area contributed by atoms with Crippen molar-refractivity contribution in [3.8, 4) is 56.8 Å². The van der Waals surface area contributed by atoms with Crippen molar-refractivity contribution in [1.82, 2.24) is 15.0 Å². The predicted octanol–water partition coefficient (Wildman–Crippen LogP) is 12.0. The van der Waals surface area contributed by atoms with E-state index >= 15 is 0 Å². The van der Waals surface area contributed by atoms with Gasteiger partial charge in [0.1, 0.15) is 22.7 Å². The summed E-state index contributed by atoms with van der Waals surface area (Å²) in [4.78, 5) is 14.9. The fourth-order valence-electron chi connectivity index (χ4n) is 7.49. The van der Waals surface area contributed by atoms with Crippen molar-refractivity contribution in [1.29, 1.82) is 0 Å². The molecule has 10 aromatic rings. The summed E-state index contributed by atoms with van der Waals surface area (Å²) >= 11 is 0. The van der Waals surface area contributed by atoms with Gasteiger partial charge >= 0.3 is 0 Å². The van der Waals surface area contributed by atoms with Crippen LogP contribution in [0.15, 0.2) is 156 Å². The number of benzene rings is 8. The van der Waals surface area contributed by atoms with Crippen molar-refractivity contribution in [2.45, 2.75) is 0 Å². The molecule has 0 radical (unpaired) electrons. The summed E-state index contributed by atoms with van der Waals surface area (Å²) < 4.78 is 12.9. The van der Waals surface area contributed by atoms with Crippen molar-refractivity contribution >= 4 is 54.3 Å². The molecule has 5 heteroatoms. The van der Waals surface area contributed by atoms with E-state index in [2.05, 4.69) is 97.1 Å². The first-order valence-corrected chi connectivity index (χ1v) is 16.7. The molecule has 0 bridgehead atoms. The first kappa shape index (κ1) is 27.1. The molecule has 8 aromatic carbocycles. The van der Waals surface area contributed by atoms with Gasteiger partial charge in [-0.25, -0.2) is 15.0 Å². The van der Waals surface area contributed by atoms with E-state index in [-0.39, 0.29) is 0 Å². The van der Waals surface area contributed by atoms with Crippen LogP contribution in [0, 0.1) is 0 Å². The van der Waals surface area contributed by atoms with Crippen molar-refractivity contribution in [2.75, 3.05) is 0 Å². The number of hydrogen-bond donors (Lipinski definition) is 0. The molecule has 11 rings (SSSR count). The van der Waals surface area contributed by atoms with E-state index in [1.165, 1.54) is 26.9 Å². The first-order chi connectivity index (χ1) is 24.7. The van der Waals surface area contributed by atoms with Crippen molar-refractivity contribution in [3.63, 3.8) is 0 Å². The molecule has 0 N–H and O–H groups in total. The van der Waals surface area contributed by atoms with Crippen LogP contribution >= 0.6 is 0 Å². The van der Waals surface area contributed by atoms with Gasteiger partial charge in [0.05, 0.1) is 0 Å². The van der Waals surface area contributed by atoms with Crippen LogP contribution in [0.1, 0.15) is 0 Å². The molecule has 1 aliphatic rings. The van der Waals surface area contributed by atoms with E-state index in [1.807, 2.05) is 54.6 Å². The molecule has 2 aromatic heterocycles. The van der Waals surface area contributed by atoms with Crippen LogP contribution in [0.4, 0.5) is 0 Å². The maximum Gasteiger partial charge on any atom is 0.164 e. The third-order valence-electron chi connectivity index (χ3n) is 9.89. The van der Waals surface area contributed by atoms with Crippen molar-refractivity contribution in [3.05, 3.63) is 152 Å². The number of para-hydroxylation sites is 1. The smallest absolute Gasteiger partial charge is 0.164 e. The Labute approximate surface area is 286 Å². The molecular weight excluding hydrogens is 615 g/mol. The maximum absolute atomic E-state index is 6.72. The molecule has 0 unspecified atom stereocenters. The number of fused-ring (bicyclic) bond motifs is 3. The summed E-state index contributed by atoms with van der Waals surface area (Å²) in [5.74, 6) is 3.59. The minimum Gasteiger partial charge on any atom is -0.456 e. The van der Waals surface area contributed by atoms with Crippen LogP contribution in [-0.4, -0.2) is 15.0 Å². The van der Waals surface area contributed by atoms with E-state index < -0.39 is 0 Å². The van der Waals surface area contributed by atoms with Crippen LogP contribution < -0.4 is 4.74 Å². The monoisotopic (exact) mass is 639 g/mol. The van der Waals surface area contributed by atoms with E-state index in [4.69, 9.17) is 24.1 Å². The lowest BCUT2D eigenvalue weighted by atomic mass is 9.91. The molecule has 0 aliphatic carbocycles. The molecule has 50 heavy (non-hydrogen) atoms. The number of hydrogen-bond acceptors (Lipinski definition) is 5. The van der Waals surface area contributed by atoms with E-state index in [9.17, 15) is 0 Å². The highest BCUT2D eigenvalue weighted by Crippen LogP contribution is 2.50. The van der Waals surface area contributed by atoms with Gasteiger partial charge in [-0.2, -0.15) is 0 Å². The number of aromatic nitrogens is 3. The van der Waals surface area contributed by atoms with Gasteiger partial charge in [0.25, 0.3) is 0 Å². The first-order valence-electron chi connectivity index (χ1n) is 16.7. The maximum atomic E-state index is 6.72. The highest BCUT2D eigenvalue weighted by atomic mass is 16.5. The lowest BCUT2D eigenvalue weighted by molar-refractivity contribution is 0.494. The molecule has 3 heterocycles. The fraction of sp³-hybridized carbons (Fsp3) is 0. The second kappa shape index (κ2) is 10.3. The molecular formula is C45H25N3O2. The summed E-state index contributed by atoms with van der Waals surface area (Å²) in [7, 11) is 0. The van der Waals surface area contributed by atoms with Crippen molar-refractivity contribution in [2.24, 2.45) is 0 Å². The number of nitrogens with zero attached hydrogens (tertiary/aromatic N) is 3. The van der Waals surface area contributed by atoms with Gasteiger partial charge in [-0.3, -0.25) is 0 Å². The number of rotatable bonds is 4. The van der Waals surface area contributed by atoms with Crippen LogP contribution in [0.25, 0.3) is 99.5 Å². The Hall–Kier alpha value is -6.85. The Balaban J connectivity index is 1.04. The topological polar surface area (TPSA) is 61.0 Å². The van der Waals surface area contributed by atoms with Crippen LogP contribution in [-0.2, 0) is 0 Å². The van der Waals surface area contributed by atoms with Gasteiger partial charge in [-0.15, -0.1) is 0 Å². The standard InChI is InChI=1S/C45H25N3O2/c1-2-7-30(8-3-1)43-46-44(48-45(47-43)32-22-24-35-34-10-4-5-11-36(34)49-38(35)25-32)31-19-13-26(14-20-31)33-23-21-29-18-17-28-16-15-27-9-6-12-37-39(27)40(28)41(29)42(33)50-37/h1-25H. The van der Waals surface area contributed by atoms with Crippen LogP contribution in [0.2, 0.25) is 0 Å². The van der Waals surface area contributed by atoms with Crippen LogP contribution in [0.3, 0.4) is 0 Å². The Morgan fingerprint density at radius 1 is 0.380 bits per heavy atom. The zero-order valence-corrected chi connectivity index (χ0v) is 26.6. The Morgan fingerprint density at radius 3 is 1.78 bits per heavy atom. The third kappa shape index (κ3) is 4.04. The number of ether oxygens (including phenoxy) is 1. The lowest BCUT2D eigenvalue weighted by Crippen LogP contribution is -2.00. The summed E-state index contributed by atoms with van der Waals surface area (Å²) in [6, 6.07) is 52.1. The average Bonchev–Trinajstić information content (AvgIpc) is 3.56. The zero-order chi connectivity index (χ0) is 32.8. The van der Waals surface area contributed by atoms with Crippen LogP contribution in [0.5, 0.6) is 11.5 Å². The second-order valence-electron chi connectivity index (χ2n) is 12.8. The highest BCUT2D eigenvalue weighted by molar-refractivity contribution is 6.26. The van der Waals surface area contributed by atoms with Gasteiger partial charge < -0.3 is 9.15 Å². The zero-order valence-electron chi connectivity index (χ0n) is 26.6. The minimum absolute atomic E-state index is 0.588. The molecule has 1 aliphatic heterocycles. The second-order valence-corrected chi connectivity index (χ2v) is 12.8. The number of furan rings is 1. The highest BCUT2D eigenvalue weighted by Gasteiger charge is 2.23. The summed E-state index contributed by atoms with van der Waals surface area (Å²) in [5.41, 5.74) is 6.44. The third-order valence-corrected chi connectivity index (χ3v) is 9.89. The largest absolute Gasteiger partial charge is 0.456 e. The molecule has 0 amide bonds. The van der Waals surface area contributed by atoms with E-state index in [0.29, 0.717) is 17.5 Å². The average molecular weight is 640 g/mol. The summed E-state index contributed by atoms with van der Waals surface area (Å²) in [6.45, 7) is 0. The molecule has 232 valence electrons. The van der Waals surface area contributed by atoms with E-state index in [0.717, 1.165) is 66.6 Å². The van der Waals surface area contributed by atoms with Gasteiger partial charge in [-0.05, 0) is 52.1 Å². The normalized spacial score (nSPS) is 12.2.